The van der Waals surface area contributed by atoms with Crippen molar-refractivity contribution < 1.29 is 0 Å². The Kier molecular flexibility index (Phi) is 7.96. The average Bonchev–Trinajstić information content (AvgIpc) is 2.33. The van der Waals surface area contributed by atoms with Crippen molar-refractivity contribution in [2.75, 3.05) is 13.1 Å². The second-order valence-corrected chi connectivity index (χ2v) is 4.01. The third-order valence-electron chi connectivity index (χ3n) is 2.93. The van der Waals surface area contributed by atoms with Crippen molar-refractivity contribution in [3.63, 3.8) is 0 Å². The summed E-state index contributed by atoms with van der Waals surface area (Å²) in [5.41, 5.74) is 13.9. The van der Waals surface area contributed by atoms with E-state index in [1.165, 1.54) is 21.9 Å². The maximum atomic E-state index is 5.63. The molecule has 0 amide bonds. The van der Waals surface area contributed by atoms with E-state index < -0.39 is 0 Å². The molecule has 0 fully saturated rings. The quantitative estimate of drug-likeness (QED) is 0.908. The summed E-state index contributed by atoms with van der Waals surface area (Å²) >= 11 is 0. The second kappa shape index (κ2) is 8.33. The van der Waals surface area contributed by atoms with Gasteiger partial charge < -0.3 is 11.5 Å². The van der Waals surface area contributed by atoms with Crippen molar-refractivity contribution in [2.45, 2.75) is 12.8 Å². The molecule has 0 aromatic heterocycles. The standard InChI is InChI=1S/C14H18N2.2ClH/c15-9-7-11-5-6-12(8-10-16)14-4-2-1-3-13(11)14;;/h1-6H,7-10,15-16H2;2*1H. The zero-order valence-corrected chi connectivity index (χ0v) is 11.9. The lowest BCUT2D eigenvalue weighted by molar-refractivity contribution is 0.962. The van der Waals surface area contributed by atoms with Gasteiger partial charge in [-0.25, -0.2) is 0 Å². The molecule has 2 aromatic carbocycles. The largest absolute Gasteiger partial charge is 0.330 e. The van der Waals surface area contributed by atoms with E-state index in [1.54, 1.807) is 0 Å². The number of fused-ring (bicyclic) bond motifs is 1. The minimum absolute atomic E-state index is 0. The van der Waals surface area contributed by atoms with E-state index in [4.69, 9.17) is 11.5 Å². The minimum Gasteiger partial charge on any atom is -0.330 e. The van der Waals surface area contributed by atoms with Crippen LogP contribution in [0.4, 0.5) is 0 Å². The predicted octanol–water partition coefficient (Wildman–Crippen LogP) is 2.69. The van der Waals surface area contributed by atoms with Crippen LogP contribution in [0.3, 0.4) is 0 Å². The average molecular weight is 287 g/mol. The molecule has 0 unspecified atom stereocenters. The highest BCUT2D eigenvalue weighted by Crippen LogP contribution is 2.23. The normalized spacial score (nSPS) is 9.67. The summed E-state index contributed by atoms with van der Waals surface area (Å²) in [5, 5.41) is 2.64. The SMILES string of the molecule is Cl.Cl.NCCc1ccc(CCN)c2ccccc12. The Bertz CT molecular complexity index is 442. The van der Waals surface area contributed by atoms with E-state index in [-0.39, 0.29) is 24.8 Å². The molecular formula is C14H20Cl2N2. The molecule has 2 nitrogen and oxygen atoms in total. The van der Waals surface area contributed by atoms with Crippen LogP contribution in [0.25, 0.3) is 10.8 Å². The summed E-state index contributed by atoms with van der Waals surface area (Å²) in [6.45, 7) is 1.39. The number of halogens is 2. The maximum absolute atomic E-state index is 5.63. The van der Waals surface area contributed by atoms with Gasteiger partial charge in [-0.05, 0) is 47.8 Å². The van der Waals surface area contributed by atoms with Gasteiger partial charge in [-0.2, -0.15) is 0 Å². The summed E-state index contributed by atoms with van der Waals surface area (Å²) in [7, 11) is 0. The monoisotopic (exact) mass is 286 g/mol. The van der Waals surface area contributed by atoms with Gasteiger partial charge >= 0.3 is 0 Å². The molecule has 2 rings (SSSR count). The Hall–Kier alpha value is -0.800. The molecule has 18 heavy (non-hydrogen) atoms. The molecule has 0 atom stereocenters. The number of hydrogen-bond donors (Lipinski definition) is 2. The van der Waals surface area contributed by atoms with Gasteiger partial charge in [0, 0.05) is 0 Å². The summed E-state index contributed by atoms with van der Waals surface area (Å²) in [6, 6.07) is 12.9. The Morgan fingerprint density at radius 1 is 0.667 bits per heavy atom. The van der Waals surface area contributed by atoms with Crippen molar-refractivity contribution >= 4 is 35.6 Å². The van der Waals surface area contributed by atoms with Crippen molar-refractivity contribution in [1.82, 2.24) is 0 Å². The number of benzene rings is 2. The van der Waals surface area contributed by atoms with Gasteiger partial charge in [0.25, 0.3) is 0 Å². The zero-order chi connectivity index (χ0) is 11.4. The maximum Gasteiger partial charge on any atom is -0.00365 e. The molecule has 0 saturated heterocycles. The Morgan fingerprint density at radius 3 is 1.39 bits per heavy atom. The third-order valence-corrected chi connectivity index (χ3v) is 2.93. The van der Waals surface area contributed by atoms with Crippen molar-refractivity contribution in [2.24, 2.45) is 11.5 Å². The molecule has 0 bridgehead atoms. The van der Waals surface area contributed by atoms with Crippen LogP contribution in [-0.4, -0.2) is 13.1 Å². The lowest BCUT2D eigenvalue weighted by atomic mass is 9.96. The summed E-state index contributed by atoms with van der Waals surface area (Å²) in [6.07, 6.45) is 1.87. The number of nitrogens with two attached hydrogens (primary N) is 2. The highest BCUT2D eigenvalue weighted by molar-refractivity contribution is 5.88. The first-order valence-corrected chi connectivity index (χ1v) is 5.76. The van der Waals surface area contributed by atoms with E-state index >= 15 is 0 Å². The van der Waals surface area contributed by atoms with Gasteiger partial charge in [-0.1, -0.05) is 36.4 Å². The molecule has 4 heteroatoms. The van der Waals surface area contributed by atoms with Gasteiger partial charge in [0.1, 0.15) is 0 Å². The molecule has 0 radical (unpaired) electrons. The minimum atomic E-state index is 0. The molecule has 0 aliphatic rings. The van der Waals surface area contributed by atoms with Crippen LogP contribution in [0.2, 0.25) is 0 Å². The summed E-state index contributed by atoms with van der Waals surface area (Å²) in [4.78, 5) is 0. The Balaban J connectivity index is 0.00000144. The smallest absolute Gasteiger partial charge is 0.00365 e. The van der Waals surface area contributed by atoms with Gasteiger partial charge in [-0.15, -0.1) is 24.8 Å². The van der Waals surface area contributed by atoms with Crippen LogP contribution >= 0.6 is 24.8 Å². The predicted molar refractivity (Wildman–Crippen MR) is 84.0 cm³/mol. The van der Waals surface area contributed by atoms with Crippen LogP contribution in [0.15, 0.2) is 36.4 Å². The van der Waals surface area contributed by atoms with E-state index in [0.29, 0.717) is 13.1 Å². The van der Waals surface area contributed by atoms with Gasteiger partial charge in [0.05, 0.1) is 0 Å². The van der Waals surface area contributed by atoms with Crippen molar-refractivity contribution in [3.8, 4) is 0 Å². The molecule has 2 aromatic rings. The van der Waals surface area contributed by atoms with Crippen LogP contribution in [-0.2, 0) is 12.8 Å². The highest BCUT2D eigenvalue weighted by Gasteiger charge is 2.04. The Morgan fingerprint density at radius 2 is 1.06 bits per heavy atom. The number of rotatable bonds is 4. The van der Waals surface area contributed by atoms with E-state index in [0.717, 1.165) is 12.8 Å². The zero-order valence-electron chi connectivity index (χ0n) is 10.3. The molecule has 0 aliphatic carbocycles. The molecule has 0 saturated carbocycles. The van der Waals surface area contributed by atoms with Crippen molar-refractivity contribution in [3.05, 3.63) is 47.5 Å². The fourth-order valence-corrected chi connectivity index (χ4v) is 2.17. The van der Waals surface area contributed by atoms with Crippen molar-refractivity contribution in [1.29, 1.82) is 0 Å². The van der Waals surface area contributed by atoms with Crippen LogP contribution in [0, 0.1) is 0 Å². The van der Waals surface area contributed by atoms with E-state index in [2.05, 4.69) is 36.4 Å². The van der Waals surface area contributed by atoms with E-state index in [9.17, 15) is 0 Å². The fraction of sp³-hybridized carbons (Fsp3) is 0.286. The first kappa shape index (κ1) is 17.2. The first-order valence-electron chi connectivity index (χ1n) is 5.76. The molecule has 0 heterocycles. The molecule has 0 aliphatic heterocycles. The summed E-state index contributed by atoms with van der Waals surface area (Å²) < 4.78 is 0. The van der Waals surface area contributed by atoms with Crippen LogP contribution in [0.5, 0.6) is 0 Å². The molecular weight excluding hydrogens is 267 g/mol. The fourth-order valence-electron chi connectivity index (χ4n) is 2.17. The lowest BCUT2D eigenvalue weighted by Crippen LogP contribution is -2.06. The summed E-state index contributed by atoms with van der Waals surface area (Å²) in [5.74, 6) is 0. The Labute approximate surface area is 121 Å². The van der Waals surface area contributed by atoms with Gasteiger partial charge in [0.2, 0.25) is 0 Å². The number of hydrogen-bond acceptors (Lipinski definition) is 2. The molecule has 100 valence electrons. The molecule has 0 spiro atoms. The van der Waals surface area contributed by atoms with Crippen LogP contribution in [0.1, 0.15) is 11.1 Å². The third kappa shape index (κ3) is 3.59. The topological polar surface area (TPSA) is 52.0 Å². The highest BCUT2D eigenvalue weighted by atomic mass is 35.5. The van der Waals surface area contributed by atoms with Crippen LogP contribution < -0.4 is 11.5 Å². The van der Waals surface area contributed by atoms with E-state index in [1.807, 2.05) is 0 Å². The second-order valence-electron chi connectivity index (χ2n) is 4.01. The first-order chi connectivity index (χ1) is 7.86. The molecule has 4 N–H and O–H groups in total. The van der Waals surface area contributed by atoms with Gasteiger partial charge in [0.15, 0.2) is 0 Å². The van der Waals surface area contributed by atoms with Gasteiger partial charge in [-0.3, -0.25) is 0 Å². The lowest BCUT2D eigenvalue weighted by Gasteiger charge is -2.10.